The van der Waals surface area contributed by atoms with Gasteiger partial charge in [0.25, 0.3) is 5.91 Å². The van der Waals surface area contributed by atoms with Gasteiger partial charge in [0.2, 0.25) is 0 Å². The van der Waals surface area contributed by atoms with Crippen LogP contribution in [0.5, 0.6) is 5.75 Å². The monoisotopic (exact) mass is 600 g/mol. The summed E-state index contributed by atoms with van der Waals surface area (Å²) >= 11 is 7.64. The lowest BCUT2D eigenvalue weighted by molar-refractivity contribution is 0.0696. The molecule has 4 aromatic rings. The van der Waals surface area contributed by atoms with Crippen LogP contribution in [0.15, 0.2) is 77.8 Å². The number of carbonyl (C=O) groups is 2. The summed E-state index contributed by atoms with van der Waals surface area (Å²) in [5.74, 6) is 0.134. The van der Waals surface area contributed by atoms with Crippen LogP contribution in [0.2, 0.25) is 5.02 Å². The molecular formula is C34H33ClN2O4S. The standard InChI is InChI=1S/C34H33ClN2O4S/c1-34(2,3)24-10-17-28-29(18-24)42-32(30(28)31(38)37-26-13-11-25(35)12-14-26)36-19-21-6-15-27(16-7-21)41-20-22-4-8-23(9-5-22)33(39)40/h4-9,11-16,19,24H,10,17-18,20H2,1-3H3,(H,37,38)(H,39,40)/t24-/m0/s1. The summed E-state index contributed by atoms with van der Waals surface area (Å²) in [4.78, 5) is 30.7. The number of ether oxygens (including phenoxy) is 1. The van der Waals surface area contributed by atoms with Crippen LogP contribution in [0.1, 0.15) is 69.5 Å². The van der Waals surface area contributed by atoms with E-state index in [1.165, 1.54) is 4.88 Å². The van der Waals surface area contributed by atoms with Crippen molar-refractivity contribution in [3.8, 4) is 5.75 Å². The molecule has 6 nitrogen and oxygen atoms in total. The van der Waals surface area contributed by atoms with Gasteiger partial charge in [-0.05, 0) is 108 Å². The van der Waals surface area contributed by atoms with E-state index in [4.69, 9.17) is 26.4 Å². The molecule has 2 N–H and O–H groups in total. The summed E-state index contributed by atoms with van der Waals surface area (Å²) < 4.78 is 5.87. The molecule has 0 radical (unpaired) electrons. The molecular weight excluding hydrogens is 568 g/mol. The zero-order valence-corrected chi connectivity index (χ0v) is 25.4. The third kappa shape index (κ3) is 7.09. The Bertz CT molecular complexity index is 1600. The first-order valence-corrected chi connectivity index (χ1v) is 15.1. The average Bonchev–Trinajstić information content (AvgIpc) is 3.34. The highest BCUT2D eigenvalue weighted by atomic mass is 35.5. The highest BCUT2D eigenvalue weighted by Gasteiger charge is 2.33. The number of hydrogen-bond donors (Lipinski definition) is 2. The second-order valence-corrected chi connectivity index (χ2v) is 13.1. The summed E-state index contributed by atoms with van der Waals surface area (Å²) in [6, 6.07) is 21.3. The van der Waals surface area contributed by atoms with E-state index in [1.54, 1.807) is 66.1 Å². The molecule has 0 bridgehead atoms. The Morgan fingerprint density at radius 1 is 1.05 bits per heavy atom. The van der Waals surface area contributed by atoms with Crippen molar-refractivity contribution < 1.29 is 19.4 Å². The highest BCUT2D eigenvalue weighted by Crippen LogP contribution is 2.45. The maximum absolute atomic E-state index is 13.6. The van der Waals surface area contributed by atoms with Crippen molar-refractivity contribution in [3.63, 3.8) is 0 Å². The van der Waals surface area contributed by atoms with Gasteiger partial charge in [-0.25, -0.2) is 9.79 Å². The van der Waals surface area contributed by atoms with Crippen LogP contribution < -0.4 is 10.1 Å². The summed E-state index contributed by atoms with van der Waals surface area (Å²) in [7, 11) is 0. The molecule has 216 valence electrons. The first-order valence-electron chi connectivity index (χ1n) is 13.9. The van der Waals surface area contributed by atoms with Gasteiger partial charge in [0, 0.05) is 21.8 Å². The third-order valence-corrected chi connectivity index (χ3v) is 9.03. The molecule has 1 aliphatic rings. The fourth-order valence-electron chi connectivity index (χ4n) is 5.06. The Hall–Kier alpha value is -3.94. The van der Waals surface area contributed by atoms with Gasteiger partial charge in [-0.3, -0.25) is 4.79 Å². The summed E-state index contributed by atoms with van der Waals surface area (Å²) in [5, 5.41) is 13.4. The van der Waals surface area contributed by atoms with Crippen LogP contribution in [0.25, 0.3) is 0 Å². The zero-order chi connectivity index (χ0) is 29.9. The number of fused-ring (bicyclic) bond motifs is 1. The van der Waals surface area contributed by atoms with E-state index in [2.05, 4.69) is 26.1 Å². The highest BCUT2D eigenvalue weighted by molar-refractivity contribution is 7.16. The van der Waals surface area contributed by atoms with Crippen LogP contribution in [0, 0.1) is 11.3 Å². The SMILES string of the molecule is CC(C)(C)[C@H]1CCc2c(sc(N=Cc3ccc(OCc4ccc(C(=O)O)cc4)cc3)c2C(=O)Nc2ccc(Cl)cc2)C1. The van der Waals surface area contributed by atoms with Gasteiger partial charge < -0.3 is 15.2 Å². The number of aromatic carboxylic acids is 1. The quantitative estimate of drug-likeness (QED) is 0.198. The smallest absolute Gasteiger partial charge is 0.335 e. The Morgan fingerprint density at radius 2 is 1.74 bits per heavy atom. The van der Waals surface area contributed by atoms with Crippen molar-refractivity contribution in [2.45, 2.75) is 46.6 Å². The number of aliphatic imine (C=N–C) groups is 1. The average molecular weight is 601 g/mol. The van der Waals surface area contributed by atoms with Crippen molar-refractivity contribution in [3.05, 3.63) is 111 Å². The van der Waals surface area contributed by atoms with Crippen molar-refractivity contribution in [2.75, 3.05) is 5.32 Å². The number of halogens is 1. The predicted octanol–water partition coefficient (Wildman–Crippen LogP) is 8.83. The van der Waals surface area contributed by atoms with E-state index in [0.29, 0.717) is 39.5 Å². The number of rotatable bonds is 8. The Morgan fingerprint density at radius 3 is 2.38 bits per heavy atom. The maximum Gasteiger partial charge on any atom is 0.335 e. The molecule has 1 amide bonds. The molecule has 8 heteroatoms. The number of carboxylic acid groups (broad SMARTS) is 1. The number of nitrogens with zero attached hydrogens (tertiary/aromatic N) is 1. The Balaban J connectivity index is 1.33. The number of thiophene rings is 1. The fourth-order valence-corrected chi connectivity index (χ4v) is 6.45. The molecule has 1 atom stereocenters. The molecule has 5 rings (SSSR count). The second kappa shape index (κ2) is 12.5. The van der Waals surface area contributed by atoms with Gasteiger partial charge in [0.05, 0.1) is 11.1 Å². The molecule has 0 saturated heterocycles. The first-order chi connectivity index (χ1) is 20.1. The fraction of sp³-hybridized carbons (Fsp3) is 0.265. The minimum absolute atomic E-state index is 0.156. The largest absolute Gasteiger partial charge is 0.489 e. The van der Waals surface area contributed by atoms with Crippen molar-refractivity contribution in [1.29, 1.82) is 0 Å². The van der Waals surface area contributed by atoms with E-state index < -0.39 is 5.97 Å². The molecule has 0 aliphatic heterocycles. The van der Waals surface area contributed by atoms with E-state index in [-0.39, 0.29) is 16.9 Å². The van der Waals surface area contributed by atoms with Gasteiger partial charge in [0.1, 0.15) is 17.4 Å². The number of benzene rings is 3. The molecule has 1 heterocycles. The summed E-state index contributed by atoms with van der Waals surface area (Å²) in [6.07, 6.45) is 4.64. The number of carbonyl (C=O) groups excluding carboxylic acids is 1. The van der Waals surface area contributed by atoms with E-state index >= 15 is 0 Å². The van der Waals surface area contributed by atoms with E-state index in [0.717, 1.165) is 36.0 Å². The van der Waals surface area contributed by atoms with Crippen LogP contribution in [0.3, 0.4) is 0 Å². The van der Waals surface area contributed by atoms with Crippen molar-refractivity contribution >= 4 is 51.7 Å². The summed E-state index contributed by atoms with van der Waals surface area (Å²) in [5.41, 5.74) is 4.66. The lowest BCUT2D eigenvalue weighted by Crippen LogP contribution is -2.27. The minimum atomic E-state index is -0.953. The van der Waals surface area contributed by atoms with Crippen LogP contribution in [-0.4, -0.2) is 23.2 Å². The molecule has 1 aliphatic carbocycles. The number of nitrogens with one attached hydrogen (secondary N) is 1. The molecule has 0 unspecified atom stereocenters. The molecule has 1 aromatic heterocycles. The van der Waals surface area contributed by atoms with Gasteiger partial charge >= 0.3 is 5.97 Å². The van der Waals surface area contributed by atoms with Crippen molar-refractivity contribution in [2.24, 2.45) is 16.3 Å². The van der Waals surface area contributed by atoms with E-state index in [1.807, 2.05) is 24.3 Å². The Labute approximate surface area is 255 Å². The van der Waals surface area contributed by atoms with Crippen molar-refractivity contribution in [1.82, 2.24) is 0 Å². The molecule has 0 fully saturated rings. The topological polar surface area (TPSA) is 88.0 Å². The molecule has 3 aromatic carbocycles. The van der Waals surface area contributed by atoms with Gasteiger partial charge in [-0.2, -0.15) is 0 Å². The zero-order valence-electron chi connectivity index (χ0n) is 23.8. The molecule has 42 heavy (non-hydrogen) atoms. The van der Waals surface area contributed by atoms with Gasteiger partial charge in [-0.1, -0.05) is 44.5 Å². The number of hydrogen-bond acceptors (Lipinski definition) is 5. The lowest BCUT2D eigenvalue weighted by Gasteiger charge is -2.33. The van der Waals surface area contributed by atoms with Gasteiger partial charge in [0.15, 0.2) is 0 Å². The summed E-state index contributed by atoms with van der Waals surface area (Å²) in [6.45, 7) is 7.18. The number of carboxylic acids is 1. The van der Waals surface area contributed by atoms with E-state index in [9.17, 15) is 9.59 Å². The molecule has 0 spiro atoms. The predicted molar refractivity (Wildman–Crippen MR) is 170 cm³/mol. The molecule has 0 saturated carbocycles. The number of anilines is 1. The Kier molecular flexibility index (Phi) is 8.80. The number of amides is 1. The maximum atomic E-state index is 13.6. The van der Waals surface area contributed by atoms with Gasteiger partial charge in [-0.15, -0.1) is 11.3 Å². The third-order valence-electron chi connectivity index (χ3n) is 7.62. The van der Waals surface area contributed by atoms with Crippen LogP contribution in [-0.2, 0) is 19.4 Å². The lowest BCUT2D eigenvalue weighted by atomic mass is 9.72. The normalized spacial score (nSPS) is 14.9. The minimum Gasteiger partial charge on any atom is -0.489 e. The second-order valence-electron chi connectivity index (χ2n) is 11.6. The van der Waals surface area contributed by atoms with Crippen LogP contribution >= 0.6 is 22.9 Å². The van der Waals surface area contributed by atoms with Crippen LogP contribution in [0.4, 0.5) is 10.7 Å². The first kappa shape index (κ1) is 29.5.